The van der Waals surface area contributed by atoms with Crippen molar-refractivity contribution in [3.63, 3.8) is 0 Å². The summed E-state index contributed by atoms with van der Waals surface area (Å²) in [5.74, 6) is 2.76. The molecule has 0 atom stereocenters. The highest BCUT2D eigenvalue weighted by Crippen LogP contribution is 2.24. The molecule has 0 unspecified atom stereocenters. The minimum Gasteiger partial charge on any atom is -0.420 e. The molecule has 0 radical (unpaired) electrons. The van der Waals surface area contributed by atoms with Crippen molar-refractivity contribution in [1.29, 1.82) is 0 Å². The molecule has 118 valence electrons. The molecule has 4 nitrogen and oxygen atoms in total. The summed E-state index contributed by atoms with van der Waals surface area (Å²) in [7, 11) is 0. The van der Waals surface area contributed by atoms with Crippen LogP contribution < -0.4 is 0 Å². The molecule has 1 N–H and O–H groups in total. The molecule has 23 heavy (non-hydrogen) atoms. The van der Waals surface area contributed by atoms with Gasteiger partial charge in [-0.15, -0.1) is 22.0 Å². The fourth-order valence-electron chi connectivity index (χ4n) is 2.23. The summed E-state index contributed by atoms with van der Waals surface area (Å²) in [5.41, 5.74) is 4.25. The third-order valence-electron chi connectivity index (χ3n) is 3.54. The lowest BCUT2D eigenvalue weighted by Gasteiger charge is -2.01. The highest BCUT2D eigenvalue weighted by molar-refractivity contribution is 7.97. The fraction of sp³-hybridized carbons (Fsp3) is 0.222. The van der Waals surface area contributed by atoms with Gasteiger partial charge in [-0.05, 0) is 29.7 Å². The van der Waals surface area contributed by atoms with E-state index in [2.05, 4.69) is 10.2 Å². The number of rotatable bonds is 6. The maximum absolute atomic E-state index is 9.04. The standard InChI is InChI=1S/C18H18N2O2S/c1-13-4-2-3-5-16(13)18-20-19-17(22-18)12-23-11-15-8-6-14(10-21)7-9-15/h2-9,21H,10-12H2,1H3. The van der Waals surface area contributed by atoms with E-state index >= 15 is 0 Å². The molecule has 0 saturated carbocycles. The molecule has 0 fully saturated rings. The van der Waals surface area contributed by atoms with E-state index < -0.39 is 0 Å². The Morgan fingerprint density at radius 2 is 1.70 bits per heavy atom. The first-order chi connectivity index (χ1) is 11.3. The number of aromatic nitrogens is 2. The van der Waals surface area contributed by atoms with Crippen LogP contribution >= 0.6 is 11.8 Å². The predicted molar refractivity (Wildman–Crippen MR) is 91.8 cm³/mol. The summed E-state index contributed by atoms with van der Waals surface area (Å²) >= 11 is 1.73. The topological polar surface area (TPSA) is 59.2 Å². The molecular weight excluding hydrogens is 308 g/mol. The second-order valence-corrected chi connectivity index (χ2v) is 6.27. The van der Waals surface area contributed by atoms with Crippen LogP contribution in [-0.4, -0.2) is 15.3 Å². The Morgan fingerprint density at radius 3 is 2.43 bits per heavy atom. The third-order valence-corrected chi connectivity index (χ3v) is 4.53. The van der Waals surface area contributed by atoms with Crippen molar-refractivity contribution in [2.45, 2.75) is 25.0 Å². The zero-order valence-corrected chi connectivity index (χ0v) is 13.7. The number of hydrogen-bond donors (Lipinski definition) is 1. The Balaban J connectivity index is 1.58. The fourth-order valence-corrected chi connectivity index (χ4v) is 3.05. The minimum absolute atomic E-state index is 0.0804. The monoisotopic (exact) mass is 326 g/mol. The van der Waals surface area contributed by atoms with Gasteiger partial charge in [-0.1, -0.05) is 42.5 Å². The van der Waals surface area contributed by atoms with Gasteiger partial charge in [0.1, 0.15) is 0 Å². The zero-order chi connectivity index (χ0) is 16.1. The van der Waals surface area contributed by atoms with E-state index in [1.807, 2.05) is 55.5 Å². The normalized spacial score (nSPS) is 10.9. The van der Waals surface area contributed by atoms with Crippen LogP contribution in [0.4, 0.5) is 0 Å². The maximum atomic E-state index is 9.04. The second-order valence-electron chi connectivity index (χ2n) is 5.28. The van der Waals surface area contributed by atoms with Gasteiger partial charge in [0.2, 0.25) is 11.8 Å². The van der Waals surface area contributed by atoms with Crippen LogP contribution in [0.3, 0.4) is 0 Å². The van der Waals surface area contributed by atoms with Gasteiger partial charge in [-0.2, -0.15) is 0 Å². The van der Waals surface area contributed by atoms with Crippen molar-refractivity contribution in [3.8, 4) is 11.5 Å². The van der Waals surface area contributed by atoms with Gasteiger partial charge in [0.25, 0.3) is 0 Å². The van der Waals surface area contributed by atoms with Crippen molar-refractivity contribution in [2.75, 3.05) is 0 Å². The van der Waals surface area contributed by atoms with Gasteiger partial charge in [-0.3, -0.25) is 0 Å². The van der Waals surface area contributed by atoms with Crippen LogP contribution in [0, 0.1) is 6.92 Å². The van der Waals surface area contributed by atoms with E-state index in [9.17, 15) is 0 Å². The number of thioether (sulfide) groups is 1. The summed E-state index contributed by atoms with van der Waals surface area (Å²) in [4.78, 5) is 0. The smallest absolute Gasteiger partial charge is 0.248 e. The Morgan fingerprint density at radius 1 is 0.957 bits per heavy atom. The second kappa shape index (κ2) is 7.44. The van der Waals surface area contributed by atoms with Crippen LogP contribution in [0.1, 0.15) is 22.6 Å². The van der Waals surface area contributed by atoms with Crippen molar-refractivity contribution < 1.29 is 9.52 Å². The van der Waals surface area contributed by atoms with Gasteiger partial charge in [0, 0.05) is 11.3 Å². The average Bonchev–Trinajstić information content (AvgIpc) is 3.04. The summed E-state index contributed by atoms with van der Waals surface area (Å²) in [6, 6.07) is 15.9. The van der Waals surface area contributed by atoms with Crippen molar-refractivity contribution in [2.24, 2.45) is 0 Å². The predicted octanol–water partition coefficient (Wildman–Crippen LogP) is 3.97. The van der Waals surface area contributed by atoms with Crippen LogP contribution in [0.2, 0.25) is 0 Å². The van der Waals surface area contributed by atoms with Gasteiger partial charge >= 0.3 is 0 Å². The van der Waals surface area contributed by atoms with Crippen LogP contribution in [0.25, 0.3) is 11.5 Å². The largest absolute Gasteiger partial charge is 0.420 e. The number of aliphatic hydroxyl groups is 1. The summed E-state index contributed by atoms with van der Waals surface area (Å²) in [5, 5.41) is 17.3. The summed E-state index contributed by atoms with van der Waals surface area (Å²) < 4.78 is 5.75. The Hall–Kier alpha value is -2.11. The van der Waals surface area contributed by atoms with Crippen molar-refractivity contribution in [3.05, 3.63) is 71.1 Å². The molecule has 0 aliphatic carbocycles. The highest BCUT2D eigenvalue weighted by Gasteiger charge is 2.10. The highest BCUT2D eigenvalue weighted by atomic mass is 32.2. The molecule has 0 spiro atoms. The lowest BCUT2D eigenvalue weighted by atomic mass is 10.1. The maximum Gasteiger partial charge on any atom is 0.248 e. The average molecular weight is 326 g/mol. The first kappa shape index (κ1) is 15.8. The van der Waals surface area contributed by atoms with E-state index in [4.69, 9.17) is 9.52 Å². The van der Waals surface area contributed by atoms with E-state index in [1.54, 1.807) is 11.8 Å². The van der Waals surface area contributed by atoms with E-state index in [1.165, 1.54) is 5.56 Å². The molecule has 0 saturated heterocycles. The molecule has 0 bridgehead atoms. The molecule has 1 heterocycles. The lowest BCUT2D eigenvalue weighted by Crippen LogP contribution is -1.86. The molecule has 0 amide bonds. The van der Waals surface area contributed by atoms with Gasteiger partial charge in [0.05, 0.1) is 12.4 Å². The Labute approximate surface area is 139 Å². The number of benzene rings is 2. The molecule has 0 aliphatic rings. The number of aryl methyl sites for hydroxylation is 1. The molecular formula is C18H18N2O2S. The molecule has 3 rings (SSSR count). The SMILES string of the molecule is Cc1ccccc1-c1nnc(CSCc2ccc(CO)cc2)o1. The molecule has 3 aromatic rings. The first-order valence-electron chi connectivity index (χ1n) is 7.41. The third kappa shape index (κ3) is 4.00. The van der Waals surface area contributed by atoms with E-state index in [-0.39, 0.29) is 6.61 Å². The van der Waals surface area contributed by atoms with Gasteiger partial charge in [-0.25, -0.2) is 0 Å². The summed E-state index contributed by atoms with van der Waals surface area (Å²) in [6.07, 6.45) is 0. The van der Waals surface area contributed by atoms with Crippen LogP contribution in [-0.2, 0) is 18.1 Å². The Bertz CT molecular complexity index is 769. The van der Waals surface area contributed by atoms with Crippen molar-refractivity contribution >= 4 is 11.8 Å². The summed E-state index contributed by atoms with van der Waals surface area (Å²) in [6.45, 7) is 2.11. The van der Waals surface area contributed by atoms with E-state index in [0.717, 1.165) is 22.4 Å². The van der Waals surface area contributed by atoms with Gasteiger partial charge in [0.15, 0.2) is 0 Å². The number of hydrogen-bond acceptors (Lipinski definition) is 5. The molecule has 5 heteroatoms. The van der Waals surface area contributed by atoms with Gasteiger partial charge < -0.3 is 9.52 Å². The van der Waals surface area contributed by atoms with Crippen molar-refractivity contribution in [1.82, 2.24) is 10.2 Å². The van der Waals surface area contributed by atoms with Crippen LogP contribution in [0.5, 0.6) is 0 Å². The zero-order valence-electron chi connectivity index (χ0n) is 12.9. The first-order valence-corrected chi connectivity index (χ1v) is 8.56. The molecule has 1 aromatic heterocycles. The quantitative estimate of drug-likeness (QED) is 0.743. The van der Waals surface area contributed by atoms with E-state index in [0.29, 0.717) is 17.5 Å². The molecule has 2 aromatic carbocycles. The molecule has 0 aliphatic heterocycles. The lowest BCUT2D eigenvalue weighted by molar-refractivity contribution is 0.282. The number of nitrogens with zero attached hydrogens (tertiary/aromatic N) is 2. The number of aliphatic hydroxyl groups excluding tert-OH is 1. The minimum atomic E-state index is 0.0804. The Kier molecular flexibility index (Phi) is 5.10. The van der Waals surface area contributed by atoms with Crippen LogP contribution in [0.15, 0.2) is 52.9 Å².